The summed E-state index contributed by atoms with van der Waals surface area (Å²) in [5, 5.41) is 3.03. The van der Waals surface area contributed by atoms with Gasteiger partial charge in [-0.15, -0.1) is 11.8 Å². The third-order valence-corrected chi connectivity index (χ3v) is 5.39. The van der Waals surface area contributed by atoms with Crippen molar-refractivity contribution in [1.82, 2.24) is 5.32 Å². The van der Waals surface area contributed by atoms with Gasteiger partial charge >= 0.3 is 0 Å². The molecule has 132 valence electrons. The average Bonchev–Trinajstić information content (AvgIpc) is 2.72. The highest BCUT2D eigenvalue weighted by Crippen LogP contribution is 2.22. The predicted molar refractivity (Wildman–Crippen MR) is 110 cm³/mol. The second kappa shape index (κ2) is 9.25. The number of carbonyl (C=O) groups excluding carboxylic acids is 1. The number of thioether (sulfide) groups is 1. The van der Waals surface area contributed by atoms with E-state index in [0.29, 0.717) is 18.0 Å². The van der Waals surface area contributed by atoms with Crippen molar-refractivity contribution in [1.29, 1.82) is 0 Å². The Morgan fingerprint density at radius 2 is 1.50 bits per heavy atom. The second-order valence-electron chi connectivity index (χ2n) is 6.32. The summed E-state index contributed by atoms with van der Waals surface area (Å²) < 4.78 is 0. The zero-order valence-corrected chi connectivity index (χ0v) is 15.7. The predicted octanol–water partition coefficient (Wildman–Crippen LogP) is 5.51. The molecule has 0 saturated heterocycles. The quantitative estimate of drug-likeness (QED) is 0.562. The van der Waals surface area contributed by atoms with Crippen LogP contribution in [-0.2, 0) is 5.75 Å². The largest absolute Gasteiger partial charge is 0.351 e. The van der Waals surface area contributed by atoms with Crippen LogP contribution in [0.1, 0.15) is 34.3 Å². The van der Waals surface area contributed by atoms with Gasteiger partial charge in [0.25, 0.3) is 5.91 Å². The Hall–Kier alpha value is -2.52. The van der Waals surface area contributed by atoms with E-state index in [-0.39, 0.29) is 5.91 Å². The Morgan fingerprint density at radius 3 is 2.15 bits per heavy atom. The number of hydrogen-bond donors (Lipinski definition) is 1. The van der Waals surface area contributed by atoms with Gasteiger partial charge in [-0.25, -0.2) is 0 Å². The van der Waals surface area contributed by atoms with E-state index < -0.39 is 0 Å². The van der Waals surface area contributed by atoms with Crippen LogP contribution in [0.4, 0.5) is 0 Å². The van der Waals surface area contributed by atoms with Gasteiger partial charge in [0.1, 0.15) is 0 Å². The topological polar surface area (TPSA) is 29.1 Å². The first-order chi connectivity index (χ1) is 12.7. The van der Waals surface area contributed by atoms with Gasteiger partial charge < -0.3 is 5.32 Å². The molecule has 0 radical (unpaired) electrons. The van der Waals surface area contributed by atoms with Crippen LogP contribution >= 0.6 is 11.8 Å². The summed E-state index contributed by atoms with van der Waals surface area (Å²) in [4.78, 5) is 13.6. The van der Waals surface area contributed by atoms with E-state index in [1.54, 1.807) is 11.8 Å². The Morgan fingerprint density at radius 1 is 0.885 bits per heavy atom. The van der Waals surface area contributed by atoms with Crippen molar-refractivity contribution in [2.75, 3.05) is 6.54 Å². The number of nitrogens with one attached hydrogen (secondary N) is 1. The van der Waals surface area contributed by atoms with Crippen LogP contribution in [0.5, 0.6) is 0 Å². The van der Waals surface area contributed by atoms with E-state index in [0.717, 1.165) is 5.75 Å². The third-order valence-electron chi connectivity index (χ3n) is 4.30. The lowest BCUT2D eigenvalue weighted by Gasteiger charge is -2.13. The molecule has 3 heteroatoms. The van der Waals surface area contributed by atoms with Crippen molar-refractivity contribution in [3.63, 3.8) is 0 Å². The van der Waals surface area contributed by atoms with Crippen LogP contribution in [0.15, 0.2) is 89.8 Å². The first kappa shape index (κ1) is 18.3. The Balaban J connectivity index is 1.50. The monoisotopic (exact) mass is 361 g/mol. The molecule has 1 amide bonds. The minimum absolute atomic E-state index is 0.0185. The maximum absolute atomic E-state index is 12.4. The fourth-order valence-electron chi connectivity index (χ4n) is 2.68. The van der Waals surface area contributed by atoms with E-state index in [2.05, 4.69) is 36.5 Å². The molecule has 3 rings (SSSR count). The standard InChI is InChI=1S/C23H23NOS/c1-18(20-8-4-2-5-9-20)16-24-23(25)21-14-12-19(13-15-21)17-26-22-10-6-3-7-11-22/h2-15,18H,16-17H2,1H3,(H,24,25)/t18-/m1/s1. The van der Waals surface area contributed by atoms with Crippen LogP contribution in [0.25, 0.3) is 0 Å². The lowest BCUT2D eigenvalue weighted by molar-refractivity contribution is 0.0951. The van der Waals surface area contributed by atoms with Crippen molar-refractivity contribution in [3.05, 3.63) is 102 Å². The molecule has 1 N–H and O–H groups in total. The molecule has 0 bridgehead atoms. The number of rotatable bonds is 7. The summed E-state index contributed by atoms with van der Waals surface area (Å²) in [6.07, 6.45) is 0. The highest BCUT2D eigenvalue weighted by atomic mass is 32.2. The smallest absolute Gasteiger partial charge is 0.251 e. The van der Waals surface area contributed by atoms with Gasteiger partial charge in [-0.2, -0.15) is 0 Å². The zero-order valence-electron chi connectivity index (χ0n) is 14.9. The van der Waals surface area contributed by atoms with Crippen LogP contribution in [0, 0.1) is 0 Å². The van der Waals surface area contributed by atoms with Gasteiger partial charge in [0.15, 0.2) is 0 Å². The summed E-state index contributed by atoms with van der Waals surface area (Å²) in [7, 11) is 0. The van der Waals surface area contributed by atoms with Crippen LogP contribution in [-0.4, -0.2) is 12.5 Å². The van der Waals surface area contributed by atoms with Crippen molar-refractivity contribution in [3.8, 4) is 0 Å². The molecule has 0 spiro atoms. The van der Waals surface area contributed by atoms with Crippen LogP contribution in [0.2, 0.25) is 0 Å². The van der Waals surface area contributed by atoms with Crippen molar-refractivity contribution >= 4 is 17.7 Å². The molecule has 3 aromatic rings. The molecule has 0 saturated carbocycles. The lowest BCUT2D eigenvalue weighted by atomic mass is 10.0. The highest BCUT2D eigenvalue weighted by Gasteiger charge is 2.09. The minimum atomic E-state index is -0.0185. The summed E-state index contributed by atoms with van der Waals surface area (Å²) in [5.41, 5.74) is 3.16. The number of hydrogen-bond acceptors (Lipinski definition) is 2. The molecule has 0 heterocycles. The van der Waals surface area contributed by atoms with Crippen LogP contribution < -0.4 is 5.32 Å². The van der Waals surface area contributed by atoms with Gasteiger partial charge in [-0.1, -0.05) is 67.6 Å². The van der Waals surface area contributed by atoms with Crippen molar-refractivity contribution in [2.45, 2.75) is 23.5 Å². The molecule has 0 aliphatic rings. The molecular weight excluding hydrogens is 338 g/mol. The van der Waals surface area contributed by atoms with E-state index >= 15 is 0 Å². The number of carbonyl (C=O) groups is 1. The number of benzene rings is 3. The average molecular weight is 362 g/mol. The normalized spacial score (nSPS) is 11.7. The van der Waals surface area contributed by atoms with Crippen molar-refractivity contribution in [2.24, 2.45) is 0 Å². The molecular formula is C23H23NOS. The highest BCUT2D eigenvalue weighted by molar-refractivity contribution is 7.98. The molecule has 0 aliphatic carbocycles. The SMILES string of the molecule is C[C@H](CNC(=O)c1ccc(CSc2ccccc2)cc1)c1ccccc1. The second-order valence-corrected chi connectivity index (χ2v) is 7.37. The van der Waals surface area contributed by atoms with Gasteiger partial charge in [0.05, 0.1) is 0 Å². The third kappa shape index (κ3) is 5.24. The molecule has 0 aliphatic heterocycles. The van der Waals surface area contributed by atoms with E-state index in [1.165, 1.54) is 16.0 Å². The lowest BCUT2D eigenvalue weighted by Crippen LogP contribution is -2.27. The van der Waals surface area contributed by atoms with Gasteiger partial charge in [-0.05, 0) is 41.3 Å². The van der Waals surface area contributed by atoms with E-state index in [4.69, 9.17) is 0 Å². The Bertz CT molecular complexity index is 816. The summed E-state index contributed by atoms with van der Waals surface area (Å²) in [6.45, 7) is 2.76. The first-order valence-corrected chi connectivity index (χ1v) is 9.81. The molecule has 3 aromatic carbocycles. The fraction of sp³-hybridized carbons (Fsp3) is 0.174. The molecule has 0 fully saturated rings. The first-order valence-electron chi connectivity index (χ1n) is 8.82. The maximum Gasteiger partial charge on any atom is 0.251 e. The van der Waals surface area contributed by atoms with E-state index in [9.17, 15) is 4.79 Å². The van der Waals surface area contributed by atoms with Gasteiger partial charge in [0, 0.05) is 22.8 Å². The summed E-state index contributed by atoms with van der Waals surface area (Å²) >= 11 is 1.80. The van der Waals surface area contributed by atoms with Gasteiger partial charge in [-0.3, -0.25) is 4.79 Å². The molecule has 2 nitrogen and oxygen atoms in total. The fourth-order valence-corrected chi connectivity index (χ4v) is 3.56. The molecule has 26 heavy (non-hydrogen) atoms. The summed E-state index contributed by atoms with van der Waals surface area (Å²) in [6, 6.07) is 28.5. The molecule has 0 unspecified atom stereocenters. The Labute approximate surface area is 159 Å². The van der Waals surface area contributed by atoms with E-state index in [1.807, 2.05) is 60.7 Å². The van der Waals surface area contributed by atoms with Crippen molar-refractivity contribution < 1.29 is 4.79 Å². The maximum atomic E-state index is 12.4. The number of amides is 1. The van der Waals surface area contributed by atoms with Gasteiger partial charge in [0.2, 0.25) is 0 Å². The molecule has 0 aromatic heterocycles. The van der Waals surface area contributed by atoms with Crippen LogP contribution in [0.3, 0.4) is 0 Å². The Kier molecular flexibility index (Phi) is 6.50. The zero-order chi connectivity index (χ0) is 18.2. The minimum Gasteiger partial charge on any atom is -0.351 e. The molecule has 1 atom stereocenters. The summed E-state index contributed by atoms with van der Waals surface area (Å²) in [5.74, 6) is 1.17.